The molecule has 0 saturated carbocycles. The van der Waals surface area contributed by atoms with Gasteiger partial charge in [0.25, 0.3) is 0 Å². The second-order valence-corrected chi connectivity index (χ2v) is 4.59. The van der Waals surface area contributed by atoms with Crippen LogP contribution in [0.1, 0.15) is 5.56 Å². The van der Waals surface area contributed by atoms with Gasteiger partial charge in [-0.25, -0.2) is 4.39 Å². The average Bonchev–Trinajstić information content (AvgIpc) is 2.46. The summed E-state index contributed by atoms with van der Waals surface area (Å²) in [5.41, 5.74) is 5.97. The first-order chi connectivity index (χ1) is 10.1. The van der Waals surface area contributed by atoms with Crippen LogP contribution in [0.15, 0.2) is 42.5 Å². The molecule has 4 nitrogen and oxygen atoms in total. The van der Waals surface area contributed by atoms with Gasteiger partial charge in [0.1, 0.15) is 24.8 Å². The third-order valence-corrected chi connectivity index (χ3v) is 2.98. The van der Waals surface area contributed by atoms with E-state index in [4.69, 9.17) is 32.2 Å². The highest BCUT2D eigenvalue weighted by atomic mass is 35.5. The van der Waals surface area contributed by atoms with E-state index >= 15 is 0 Å². The summed E-state index contributed by atoms with van der Waals surface area (Å²) in [7, 11) is 0. The Morgan fingerprint density at radius 3 is 2.38 bits per heavy atom. The fraction of sp³-hybridized carbons (Fsp3) is 0.133. The Balaban J connectivity index is 1.83. The molecule has 110 valence electrons. The molecule has 0 bridgehead atoms. The highest BCUT2D eigenvalue weighted by molar-refractivity contribution is 6.32. The molecule has 0 amide bonds. The minimum absolute atomic E-state index is 0.000854. The molecule has 2 aromatic rings. The van der Waals surface area contributed by atoms with E-state index in [9.17, 15) is 4.39 Å². The van der Waals surface area contributed by atoms with Crippen molar-refractivity contribution < 1.29 is 13.9 Å². The van der Waals surface area contributed by atoms with E-state index in [2.05, 4.69) is 0 Å². The molecule has 0 heterocycles. The van der Waals surface area contributed by atoms with Gasteiger partial charge in [-0.15, -0.1) is 0 Å². The molecule has 6 heteroatoms. The third kappa shape index (κ3) is 4.10. The van der Waals surface area contributed by atoms with E-state index in [1.165, 1.54) is 12.1 Å². The molecule has 0 saturated heterocycles. The molecule has 2 rings (SSSR count). The van der Waals surface area contributed by atoms with E-state index in [1.54, 1.807) is 30.3 Å². The molecule has 0 radical (unpaired) electrons. The first-order valence-corrected chi connectivity index (χ1v) is 6.60. The lowest BCUT2D eigenvalue weighted by molar-refractivity contribution is 0.211. The van der Waals surface area contributed by atoms with Crippen molar-refractivity contribution in [2.24, 2.45) is 5.73 Å². The zero-order valence-electron chi connectivity index (χ0n) is 11.1. The Bertz CT molecular complexity index is 612. The molecule has 2 aromatic carbocycles. The summed E-state index contributed by atoms with van der Waals surface area (Å²) < 4.78 is 24.1. The second kappa shape index (κ2) is 6.95. The summed E-state index contributed by atoms with van der Waals surface area (Å²) in [5, 5.41) is 7.50. The quantitative estimate of drug-likeness (QED) is 0.489. The van der Waals surface area contributed by atoms with Crippen LogP contribution in [0.2, 0.25) is 5.02 Å². The van der Waals surface area contributed by atoms with Crippen molar-refractivity contribution in [1.82, 2.24) is 0 Å². The maximum Gasteiger partial charge on any atom is 0.173 e. The Labute approximate surface area is 126 Å². The predicted octanol–water partition coefficient (Wildman–Crippen LogP) is 3.22. The molecule has 0 atom stereocenters. The maximum atomic E-state index is 13.4. The molecule has 0 aliphatic heterocycles. The molecule has 0 fully saturated rings. The van der Waals surface area contributed by atoms with Crippen LogP contribution in [0.4, 0.5) is 4.39 Å². The summed E-state index contributed by atoms with van der Waals surface area (Å²) in [6, 6.07) is 11.1. The van der Waals surface area contributed by atoms with Crippen LogP contribution in [0.25, 0.3) is 0 Å². The molecule has 0 aromatic heterocycles. The lowest BCUT2D eigenvalue weighted by Crippen LogP contribution is -2.12. The van der Waals surface area contributed by atoms with Gasteiger partial charge in [-0.1, -0.05) is 17.7 Å². The Hall–Kier alpha value is -2.27. The van der Waals surface area contributed by atoms with Crippen LogP contribution in [0, 0.1) is 11.2 Å². The fourth-order valence-electron chi connectivity index (χ4n) is 1.65. The molecule has 3 N–H and O–H groups in total. The number of nitrogens with two attached hydrogens (primary N) is 1. The summed E-state index contributed by atoms with van der Waals surface area (Å²) in [4.78, 5) is 0. The Morgan fingerprint density at radius 1 is 1.10 bits per heavy atom. The van der Waals surface area contributed by atoms with E-state index in [-0.39, 0.29) is 29.8 Å². The van der Waals surface area contributed by atoms with E-state index in [1.807, 2.05) is 0 Å². The Kier molecular flexibility index (Phi) is 5.00. The van der Waals surface area contributed by atoms with E-state index in [0.717, 1.165) is 0 Å². The maximum absolute atomic E-state index is 13.4. The highest BCUT2D eigenvalue weighted by Gasteiger charge is 2.07. The number of halogens is 2. The first-order valence-electron chi connectivity index (χ1n) is 6.22. The van der Waals surface area contributed by atoms with Gasteiger partial charge in [0.2, 0.25) is 0 Å². The van der Waals surface area contributed by atoms with Crippen molar-refractivity contribution in [3.8, 4) is 11.5 Å². The van der Waals surface area contributed by atoms with Crippen molar-refractivity contribution in [1.29, 1.82) is 5.41 Å². The molecule has 0 spiro atoms. The summed E-state index contributed by atoms with van der Waals surface area (Å²) in [6.45, 7) is 0.402. The summed E-state index contributed by atoms with van der Waals surface area (Å²) in [6.07, 6.45) is 0. The standard InChI is InChI=1S/C15H14ClFN2O2/c16-12-2-1-3-13(17)14(12)21-9-8-20-11-6-4-10(5-7-11)15(18)19/h1-7H,8-9H2,(H3,18,19). The van der Waals surface area contributed by atoms with Gasteiger partial charge in [0, 0.05) is 5.56 Å². The number of ether oxygens (including phenoxy) is 2. The van der Waals surface area contributed by atoms with Crippen molar-refractivity contribution in [2.75, 3.05) is 13.2 Å². The Morgan fingerprint density at radius 2 is 1.76 bits per heavy atom. The van der Waals surface area contributed by atoms with Gasteiger partial charge in [-0.05, 0) is 36.4 Å². The number of hydrogen-bond donors (Lipinski definition) is 2. The number of amidine groups is 1. The topological polar surface area (TPSA) is 68.3 Å². The number of rotatable bonds is 6. The van der Waals surface area contributed by atoms with E-state index < -0.39 is 5.82 Å². The van der Waals surface area contributed by atoms with Crippen LogP contribution >= 0.6 is 11.6 Å². The number of benzene rings is 2. The molecule has 0 aliphatic rings. The highest BCUT2D eigenvalue weighted by Crippen LogP contribution is 2.27. The zero-order chi connectivity index (χ0) is 15.2. The smallest absolute Gasteiger partial charge is 0.173 e. The lowest BCUT2D eigenvalue weighted by atomic mass is 10.2. The number of nitrogens with one attached hydrogen (secondary N) is 1. The van der Waals surface area contributed by atoms with Gasteiger partial charge in [0.15, 0.2) is 11.6 Å². The fourth-order valence-corrected chi connectivity index (χ4v) is 1.87. The third-order valence-electron chi connectivity index (χ3n) is 2.68. The predicted molar refractivity (Wildman–Crippen MR) is 79.9 cm³/mol. The molecular formula is C15H14ClFN2O2. The van der Waals surface area contributed by atoms with Crippen molar-refractivity contribution >= 4 is 17.4 Å². The largest absolute Gasteiger partial charge is 0.490 e. The van der Waals surface area contributed by atoms with Gasteiger partial charge in [-0.3, -0.25) is 5.41 Å². The summed E-state index contributed by atoms with van der Waals surface area (Å²) >= 11 is 5.83. The van der Waals surface area contributed by atoms with Gasteiger partial charge in [-0.2, -0.15) is 0 Å². The van der Waals surface area contributed by atoms with E-state index in [0.29, 0.717) is 11.3 Å². The van der Waals surface area contributed by atoms with Crippen LogP contribution in [-0.2, 0) is 0 Å². The summed E-state index contributed by atoms with van der Waals surface area (Å²) in [5.74, 6) is 0.130. The second-order valence-electron chi connectivity index (χ2n) is 4.19. The lowest BCUT2D eigenvalue weighted by Gasteiger charge is -2.10. The van der Waals surface area contributed by atoms with Gasteiger partial charge < -0.3 is 15.2 Å². The molecule has 21 heavy (non-hydrogen) atoms. The van der Waals surface area contributed by atoms with Crippen LogP contribution in [-0.4, -0.2) is 19.0 Å². The molecule has 0 unspecified atom stereocenters. The molecule has 0 aliphatic carbocycles. The van der Waals surface area contributed by atoms with Crippen LogP contribution in [0.3, 0.4) is 0 Å². The van der Waals surface area contributed by atoms with Gasteiger partial charge >= 0.3 is 0 Å². The average molecular weight is 309 g/mol. The number of hydrogen-bond acceptors (Lipinski definition) is 3. The zero-order valence-corrected chi connectivity index (χ0v) is 11.9. The normalized spacial score (nSPS) is 10.2. The molecular weight excluding hydrogens is 295 g/mol. The van der Waals surface area contributed by atoms with Crippen molar-refractivity contribution in [2.45, 2.75) is 0 Å². The number of para-hydroxylation sites is 1. The van der Waals surface area contributed by atoms with Crippen LogP contribution < -0.4 is 15.2 Å². The SMILES string of the molecule is N=C(N)c1ccc(OCCOc2c(F)cccc2Cl)cc1. The minimum Gasteiger partial charge on any atom is -0.490 e. The van der Waals surface area contributed by atoms with Crippen LogP contribution in [0.5, 0.6) is 11.5 Å². The van der Waals surface area contributed by atoms with Crippen molar-refractivity contribution in [3.63, 3.8) is 0 Å². The van der Waals surface area contributed by atoms with Gasteiger partial charge in [0.05, 0.1) is 5.02 Å². The number of nitrogen functional groups attached to an aromatic ring is 1. The monoisotopic (exact) mass is 308 g/mol. The minimum atomic E-state index is -0.506. The first kappa shape index (κ1) is 15.1. The van der Waals surface area contributed by atoms with Crippen molar-refractivity contribution in [3.05, 3.63) is 58.9 Å².